The van der Waals surface area contributed by atoms with Crippen molar-refractivity contribution in [2.24, 2.45) is 0 Å². The van der Waals surface area contributed by atoms with E-state index >= 15 is 0 Å². The number of aromatic nitrogens is 1. The van der Waals surface area contributed by atoms with Crippen LogP contribution in [0.5, 0.6) is 0 Å². The summed E-state index contributed by atoms with van der Waals surface area (Å²) in [6.07, 6.45) is 1.78. The van der Waals surface area contributed by atoms with Gasteiger partial charge in [0, 0.05) is 6.54 Å². The number of rotatable bonds is 4. The largest absolute Gasteiger partial charge is 2.00 e. The molecule has 0 saturated carbocycles. The van der Waals surface area contributed by atoms with E-state index in [9.17, 15) is 0 Å². The first-order valence-electron chi connectivity index (χ1n) is 4.19. The van der Waals surface area contributed by atoms with Gasteiger partial charge in [0.2, 0.25) is 0 Å². The second-order valence-electron chi connectivity index (χ2n) is 3.07. The van der Waals surface area contributed by atoms with Crippen LogP contribution in [0.1, 0.15) is 5.56 Å². The predicted octanol–water partition coefficient (Wildman–Crippen LogP) is 2.71. The molecule has 1 aromatic heterocycles. The summed E-state index contributed by atoms with van der Waals surface area (Å²) in [4.78, 5) is 4.75. The summed E-state index contributed by atoms with van der Waals surface area (Å²) in [5, 5.41) is 8.98. The summed E-state index contributed by atoms with van der Waals surface area (Å²) in [6.45, 7) is 5.69. The molecule has 0 amide bonds. The van der Waals surface area contributed by atoms with Crippen molar-refractivity contribution in [3.05, 3.63) is 54.8 Å². The molecular weight excluding hydrogens is 446 g/mol. The number of aliphatic hydroxyl groups is 1. The van der Waals surface area contributed by atoms with Crippen molar-refractivity contribution < 1.29 is 36.2 Å². The predicted molar refractivity (Wildman–Crippen MR) is 65.8 cm³/mol. The van der Waals surface area contributed by atoms with Crippen LogP contribution in [0.4, 0.5) is 0 Å². The minimum absolute atomic E-state index is 0. The second-order valence-corrected chi connectivity index (χ2v) is 3.47. The fraction of sp³-hybridized carbons (Fsp3) is 0.182. The standard InChI is InChI=1S/C10H13N2OS.CH3.U/c1-8(13)6-12(2)7-9-4-3-5-11-10(9)14;;/h3-5,7,13H,1,6H2,2H3,(H,11,14);1H3;/q2*-1;+2. The van der Waals surface area contributed by atoms with Gasteiger partial charge < -0.3 is 22.4 Å². The Morgan fingerprint density at radius 3 is 2.81 bits per heavy atom. The van der Waals surface area contributed by atoms with Gasteiger partial charge in [-0.3, -0.25) is 0 Å². The van der Waals surface area contributed by atoms with Crippen molar-refractivity contribution in [1.82, 2.24) is 9.88 Å². The molecule has 16 heavy (non-hydrogen) atoms. The zero-order chi connectivity index (χ0) is 10.6. The summed E-state index contributed by atoms with van der Waals surface area (Å²) < 4.78 is 0.683. The molecule has 0 spiro atoms. The van der Waals surface area contributed by atoms with Crippen LogP contribution in [-0.2, 0) is 0 Å². The Morgan fingerprint density at radius 2 is 2.31 bits per heavy atom. The third-order valence-electron chi connectivity index (χ3n) is 1.64. The Hall–Kier alpha value is -0.208. The third kappa shape index (κ3) is 6.39. The number of hydrogen-bond donors (Lipinski definition) is 2. The smallest absolute Gasteiger partial charge is 0.512 e. The maximum absolute atomic E-state index is 8.98. The van der Waals surface area contributed by atoms with E-state index in [-0.39, 0.29) is 44.3 Å². The van der Waals surface area contributed by atoms with Crippen molar-refractivity contribution >= 4 is 12.2 Å². The maximum Gasteiger partial charge on any atom is 2.00 e. The Bertz CT molecular complexity index is 378. The van der Waals surface area contributed by atoms with Crippen LogP contribution in [0, 0.1) is 49.7 Å². The van der Waals surface area contributed by atoms with Crippen LogP contribution in [0.15, 0.2) is 30.7 Å². The number of aliphatic hydroxyl groups excluding tert-OH is 1. The molecule has 1 heterocycles. The van der Waals surface area contributed by atoms with Crippen molar-refractivity contribution in [2.75, 3.05) is 13.6 Å². The minimum atomic E-state index is 0. The molecule has 5 heteroatoms. The van der Waals surface area contributed by atoms with Gasteiger partial charge in [-0.15, -0.1) is 30.4 Å². The molecule has 0 aliphatic carbocycles. The van der Waals surface area contributed by atoms with Crippen molar-refractivity contribution in [3.63, 3.8) is 0 Å². The van der Waals surface area contributed by atoms with E-state index in [4.69, 9.17) is 17.3 Å². The Morgan fingerprint density at radius 1 is 1.69 bits per heavy atom. The maximum atomic E-state index is 8.98. The van der Waals surface area contributed by atoms with Crippen LogP contribution < -0.4 is 0 Å². The molecule has 1 rings (SSSR count). The van der Waals surface area contributed by atoms with Gasteiger partial charge in [0.05, 0.1) is 5.76 Å². The SMILES string of the molecule is C=C(O)CN(C)[CH-]c1ccc[nH]c1=S.[CH3-].[U+2]. The van der Waals surface area contributed by atoms with Crippen molar-refractivity contribution in [1.29, 1.82) is 0 Å². The molecule has 3 nitrogen and oxygen atoms in total. The van der Waals surface area contributed by atoms with Crippen LogP contribution in [0.25, 0.3) is 0 Å². The molecule has 0 radical (unpaired) electrons. The molecule has 86 valence electrons. The Balaban J connectivity index is 0. The van der Waals surface area contributed by atoms with E-state index in [1.54, 1.807) is 6.20 Å². The molecule has 1 aromatic rings. The summed E-state index contributed by atoms with van der Waals surface area (Å²) in [5.74, 6) is 0.134. The molecule has 0 unspecified atom stereocenters. The van der Waals surface area contributed by atoms with Gasteiger partial charge in [0.15, 0.2) is 0 Å². The van der Waals surface area contributed by atoms with Crippen molar-refractivity contribution in [2.45, 2.75) is 0 Å². The molecule has 0 aromatic carbocycles. The number of nitrogens with zero attached hydrogens (tertiary/aromatic N) is 1. The van der Waals surface area contributed by atoms with E-state index < -0.39 is 0 Å². The van der Waals surface area contributed by atoms with E-state index in [2.05, 4.69) is 11.6 Å². The number of H-pyrrole nitrogens is 1. The summed E-state index contributed by atoms with van der Waals surface area (Å²) >= 11 is 5.09. The zero-order valence-electron chi connectivity index (χ0n) is 9.53. The monoisotopic (exact) mass is 462 g/mol. The number of pyridine rings is 1. The Labute approximate surface area is 126 Å². The first-order valence-corrected chi connectivity index (χ1v) is 4.60. The zero-order valence-corrected chi connectivity index (χ0v) is 14.5. The van der Waals surface area contributed by atoms with Gasteiger partial charge in [-0.05, 0) is 17.9 Å². The fourth-order valence-electron chi connectivity index (χ4n) is 1.11. The second kappa shape index (κ2) is 8.89. The van der Waals surface area contributed by atoms with Gasteiger partial charge in [0.1, 0.15) is 0 Å². The van der Waals surface area contributed by atoms with Crippen molar-refractivity contribution in [3.8, 4) is 0 Å². The number of nitrogens with one attached hydrogen (secondary N) is 1. The van der Waals surface area contributed by atoms with Gasteiger partial charge >= 0.3 is 31.1 Å². The summed E-state index contributed by atoms with van der Waals surface area (Å²) in [5.41, 5.74) is 0.922. The number of likely N-dealkylation sites (N-methyl/N-ethyl adjacent to an activating group) is 1. The van der Waals surface area contributed by atoms with Crippen LogP contribution >= 0.6 is 12.2 Å². The topological polar surface area (TPSA) is 39.3 Å². The summed E-state index contributed by atoms with van der Waals surface area (Å²) in [7, 11) is 1.85. The first kappa shape index (κ1) is 18.2. The summed E-state index contributed by atoms with van der Waals surface area (Å²) in [6, 6.07) is 3.79. The van der Waals surface area contributed by atoms with Gasteiger partial charge in [-0.2, -0.15) is 6.07 Å². The number of aromatic amines is 1. The first-order chi connectivity index (χ1) is 6.59. The number of hydrogen-bond acceptors (Lipinski definition) is 3. The molecule has 0 aliphatic rings. The third-order valence-corrected chi connectivity index (χ3v) is 1.99. The molecule has 0 atom stereocenters. The van der Waals surface area contributed by atoms with Crippen LogP contribution in [0.2, 0.25) is 0 Å². The molecule has 0 saturated heterocycles. The molecule has 0 aliphatic heterocycles. The minimum Gasteiger partial charge on any atom is -0.512 e. The Kier molecular flexibility index (Phi) is 10.1. The quantitative estimate of drug-likeness (QED) is 0.411. The van der Waals surface area contributed by atoms with Crippen LogP contribution in [0.3, 0.4) is 0 Å². The molecule has 2 N–H and O–H groups in total. The van der Waals surface area contributed by atoms with Gasteiger partial charge in [0.25, 0.3) is 0 Å². The van der Waals surface area contributed by atoms with E-state index in [1.807, 2.05) is 30.6 Å². The fourth-order valence-corrected chi connectivity index (χ4v) is 1.30. The normalized spacial score (nSPS) is 8.88. The molecular formula is C11H16N2OSU. The van der Waals surface area contributed by atoms with Crippen LogP contribution in [-0.4, -0.2) is 28.6 Å². The van der Waals surface area contributed by atoms with E-state index in [0.29, 0.717) is 11.2 Å². The molecule has 0 bridgehead atoms. The van der Waals surface area contributed by atoms with E-state index in [0.717, 1.165) is 5.56 Å². The molecule has 0 fully saturated rings. The average Bonchev–Trinajstić information content (AvgIpc) is 2.07. The van der Waals surface area contributed by atoms with E-state index in [1.165, 1.54) is 0 Å². The average molecular weight is 462 g/mol. The van der Waals surface area contributed by atoms with Gasteiger partial charge in [-0.1, -0.05) is 6.58 Å². The van der Waals surface area contributed by atoms with Gasteiger partial charge in [-0.25, -0.2) is 0 Å².